The molecule has 1 N–H and O–H groups in total. The van der Waals surface area contributed by atoms with Crippen molar-refractivity contribution in [1.82, 2.24) is 10.2 Å². The van der Waals surface area contributed by atoms with E-state index in [0.29, 0.717) is 6.54 Å². The molecule has 116 valence electrons. The van der Waals surface area contributed by atoms with Gasteiger partial charge in [0.05, 0.1) is 0 Å². The second-order valence-electron chi connectivity index (χ2n) is 6.94. The number of piperazine rings is 1. The van der Waals surface area contributed by atoms with Gasteiger partial charge in [0.2, 0.25) is 11.8 Å². The van der Waals surface area contributed by atoms with Gasteiger partial charge in [-0.3, -0.25) is 9.59 Å². The zero-order valence-electron chi connectivity index (χ0n) is 13.7. The first kappa shape index (κ1) is 17.0. The summed E-state index contributed by atoms with van der Waals surface area (Å²) in [6, 6.07) is -0.742. The van der Waals surface area contributed by atoms with Gasteiger partial charge in [-0.1, -0.05) is 53.4 Å². The fourth-order valence-electron chi connectivity index (χ4n) is 2.86. The van der Waals surface area contributed by atoms with Crippen LogP contribution in [0.1, 0.15) is 66.7 Å². The lowest BCUT2D eigenvalue weighted by Crippen LogP contribution is -2.66. The molecule has 2 atom stereocenters. The van der Waals surface area contributed by atoms with Gasteiger partial charge in [-0.2, -0.15) is 0 Å². The molecule has 2 unspecified atom stereocenters. The van der Waals surface area contributed by atoms with Crippen molar-refractivity contribution in [3.63, 3.8) is 0 Å². The molecular weight excluding hydrogens is 252 g/mol. The Bertz CT molecular complexity index is 347. The lowest BCUT2D eigenvalue weighted by atomic mass is 9.83. The van der Waals surface area contributed by atoms with Crippen molar-refractivity contribution in [2.45, 2.75) is 78.8 Å². The lowest BCUT2D eigenvalue weighted by Gasteiger charge is -2.44. The van der Waals surface area contributed by atoms with E-state index in [-0.39, 0.29) is 23.3 Å². The normalized spacial score (nSPS) is 23.9. The number of carbonyl (C=O) groups excluding carboxylic acids is 2. The first-order valence-corrected chi connectivity index (χ1v) is 7.90. The van der Waals surface area contributed by atoms with Crippen LogP contribution in [0.5, 0.6) is 0 Å². The quantitative estimate of drug-likeness (QED) is 0.762. The smallest absolute Gasteiger partial charge is 0.245 e. The van der Waals surface area contributed by atoms with E-state index < -0.39 is 6.04 Å². The Hall–Kier alpha value is -1.06. The summed E-state index contributed by atoms with van der Waals surface area (Å²) < 4.78 is 0. The monoisotopic (exact) mass is 282 g/mol. The summed E-state index contributed by atoms with van der Waals surface area (Å²) in [7, 11) is 0. The molecule has 4 nitrogen and oxygen atoms in total. The van der Waals surface area contributed by atoms with E-state index in [1.165, 1.54) is 19.3 Å². The summed E-state index contributed by atoms with van der Waals surface area (Å²) in [6.45, 7) is 10.7. The number of nitrogens with zero attached hydrogens (tertiary/aromatic N) is 1. The number of hydrogen-bond acceptors (Lipinski definition) is 2. The molecule has 1 heterocycles. The average Bonchev–Trinajstić information content (AvgIpc) is 2.33. The first-order valence-electron chi connectivity index (χ1n) is 7.90. The van der Waals surface area contributed by atoms with Gasteiger partial charge in [0.25, 0.3) is 0 Å². The van der Waals surface area contributed by atoms with Crippen molar-refractivity contribution < 1.29 is 9.59 Å². The van der Waals surface area contributed by atoms with Crippen molar-refractivity contribution in [3.8, 4) is 0 Å². The molecule has 1 rings (SSSR count). The highest BCUT2D eigenvalue weighted by atomic mass is 16.2. The van der Waals surface area contributed by atoms with Crippen molar-refractivity contribution in [2.75, 3.05) is 6.54 Å². The second-order valence-corrected chi connectivity index (χ2v) is 6.94. The van der Waals surface area contributed by atoms with Crippen LogP contribution >= 0.6 is 0 Å². The van der Waals surface area contributed by atoms with Gasteiger partial charge < -0.3 is 10.2 Å². The highest BCUT2D eigenvalue weighted by Gasteiger charge is 2.44. The molecule has 0 bridgehead atoms. The van der Waals surface area contributed by atoms with Crippen LogP contribution in [0, 0.1) is 5.41 Å². The summed E-state index contributed by atoms with van der Waals surface area (Å²) in [5.74, 6) is 0.0400. The Morgan fingerprint density at radius 3 is 2.25 bits per heavy atom. The summed E-state index contributed by atoms with van der Waals surface area (Å²) in [4.78, 5) is 26.4. The standard InChI is InChI=1S/C16H30N2O2/c1-6-7-8-9-10-11-18-13(16(3,4)5)14(19)17-12(2)15(18)20/h12-13H,6-11H2,1-5H3,(H,17,19). The number of nitrogens with one attached hydrogen (secondary N) is 1. The third-order valence-electron chi connectivity index (χ3n) is 3.90. The number of carbonyl (C=O) groups is 2. The molecule has 0 saturated carbocycles. The summed E-state index contributed by atoms with van der Waals surface area (Å²) in [6.07, 6.45) is 5.78. The second kappa shape index (κ2) is 7.09. The largest absolute Gasteiger partial charge is 0.343 e. The molecule has 4 heteroatoms. The Balaban J connectivity index is 2.69. The Kier molecular flexibility index (Phi) is 6.03. The summed E-state index contributed by atoms with van der Waals surface area (Å²) in [5, 5.41) is 2.80. The van der Waals surface area contributed by atoms with E-state index in [4.69, 9.17) is 0 Å². The van der Waals surface area contributed by atoms with Gasteiger partial charge in [-0.25, -0.2) is 0 Å². The molecule has 0 spiro atoms. The maximum absolute atomic E-state index is 12.4. The Morgan fingerprint density at radius 2 is 1.70 bits per heavy atom. The number of rotatable bonds is 6. The summed E-state index contributed by atoms with van der Waals surface area (Å²) >= 11 is 0. The molecule has 20 heavy (non-hydrogen) atoms. The van der Waals surface area contributed by atoms with Crippen LogP contribution in [0.4, 0.5) is 0 Å². The molecule has 1 saturated heterocycles. The van der Waals surface area contributed by atoms with E-state index in [1.54, 1.807) is 11.8 Å². The van der Waals surface area contributed by atoms with Gasteiger partial charge in [0, 0.05) is 6.54 Å². The maximum atomic E-state index is 12.4. The molecule has 0 aliphatic carbocycles. The average molecular weight is 282 g/mol. The predicted molar refractivity (Wildman–Crippen MR) is 81.3 cm³/mol. The minimum absolute atomic E-state index is 0.0156. The van der Waals surface area contributed by atoms with Gasteiger partial charge in [0.15, 0.2) is 0 Å². The molecular formula is C16H30N2O2. The van der Waals surface area contributed by atoms with Crippen molar-refractivity contribution in [2.24, 2.45) is 5.41 Å². The topological polar surface area (TPSA) is 49.4 Å². The van der Waals surface area contributed by atoms with Gasteiger partial charge in [-0.15, -0.1) is 0 Å². The van der Waals surface area contributed by atoms with Crippen molar-refractivity contribution in [3.05, 3.63) is 0 Å². The van der Waals surface area contributed by atoms with Crippen LogP contribution in [0.15, 0.2) is 0 Å². The number of unbranched alkanes of at least 4 members (excludes halogenated alkanes) is 4. The zero-order chi connectivity index (χ0) is 15.3. The molecule has 1 aliphatic heterocycles. The van der Waals surface area contributed by atoms with Crippen LogP contribution in [-0.2, 0) is 9.59 Å². The molecule has 0 aromatic rings. The van der Waals surface area contributed by atoms with Crippen LogP contribution < -0.4 is 5.32 Å². The van der Waals surface area contributed by atoms with E-state index in [2.05, 4.69) is 12.2 Å². The predicted octanol–water partition coefficient (Wildman–Crippen LogP) is 2.72. The first-order chi connectivity index (χ1) is 9.29. The van der Waals surface area contributed by atoms with E-state index in [0.717, 1.165) is 12.8 Å². The molecule has 1 aliphatic rings. The minimum atomic E-state index is -0.392. The third kappa shape index (κ3) is 4.22. The number of hydrogen-bond donors (Lipinski definition) is 1. The van der Waals surface area contributed by atoms with Gasteiger partial charge >= 0.3 is 0 Å². The highest BCUT2D eigenvalue weighted by molar-refractivity contribution is 5.97. The van der Waals surface area contributed by atoms with Crippen LogP contribution in [0.2, 0.25) is 0 Å². The lowest BCUT2D eigenvalue weighted by molar-refractivity contribution is -0.153. The van der Waals surface area contributed by atoms with E-state index >= 15 is 0 Å². The van der Waals surface area contributed by atoms with E-state index in [9.17, 15) is 9.59 Å². The molecule has 0 aromatic carbocycles. The minimum Gasteiger partial charge on any atom is -0.343 e. The molecule has 1 fully saturated rings. The Morgan fingerprint density at radius 1 is 1.10 bits per heavy atom. The molecule has 0 aromatic heterocycles. The van der Waals surface area contributed by atoms with Crippen LogP contribution in [-0.4, -0.2) is 35.3 Å². The van der Waals surface area contributed by atoms with Gasteiger partial charge in [0.1, 0.15) is 12.1 Å². The maximum Gasteiger partial charge on any atom is 0.245 e. The molecule has 0 radical (unpaired) electrons. The Labute approximate surface area is 123 Å². The number of amides is 2. The zero-order valence-corrected chi connectivity index (χ0v) is 13.7. The van der Waals surface area contributed by atoms with Crippen LogP contribution in [0.25, 0.3) is 0 Å². The van der Waals surface area contributed by atoms with E-state index in [1.807, 2.05) is 20.8 Å². The van der Waals surface area contributed by atoms with Crippen molar-refractivity contribution >= 4 is 11.8 Å². The van der Waals surface area contributed by atoms with Gasteiger partial charge in [-0.05, 0) is 18.8 Å². The SMILES string of the molecule is CCCCCCCN1C(=O)C(C)NC(=O)C1C(C)(C)C. The van der Waals surface area contributed by atoms with Crippen molar-refractivity contribution in [1.29, 1.82) is 0 Å². The summed E-state index contributed by atoms with van der Waals surface area (Å²) in [5.41, 5.74) is -0.233. The fraction of sp³-hybridized carbons (Fsp3) is 0.875. The fourth-order valence-corrected chi connectivity index (χ4v) is 2.86. The molecule has 2 amide bonds. The third-order valence-corrected chi connectivity index (χ3v) is 3.90. The highest BCUT2D eigenvalue weighted by Crippen LogP contribution is 2.28. The van der Waals surface area contributed by atoms with Crippen LogP contribution in [0.3, 0.4) is 0 Å².